The fourth-order valence-electron chi connectivity index (χ4n) is 5.06. The molecule has 10 heteroatoms. The van der Waals surface area contributed by atoms with E-state index in [0.29, 0.717) is 33.7 Å². The second-order valence-corrected chi connectivity index (χ2v) is 12.0. The van der Waals surface area contributed by atoms with E-state index in [4.69, 9.17) is 0 Å². The van der Waals surface area contributed by atoms with Crippen molar-refractivity contribution in [2.75, 3.05) is 11.1 Å². The van der Waals surface area contributed by atoms with Crippen molar-refractivity contribution < 1.29 is 14.7 Å². The molecule has 1 aliphatic carbocycles. The lowest BCUT2D eigenvalue weighted by molar-refractivity contribution is -0.113. The van der Waals surface area contributed by atoms with E-state index in [1.807, 2.05) is 71.3 Å². The molecule has 212 valence electrons. The molecule has 0 atom stereocenters. The van der Waals surface area contributed by atoms with Crippen LogP contribution in [0.3, 0.4) is 0 Å². The van der Waals surface area contributed by atoms with Crippen LogP contribution in [-0.2, 0) is 24.2 Å². The molecule has 0 aliphatic heterocycles. The number of hydrogen-bond donors (Lipinski definition) is 3. The van der Waals surface area contributed by atoms with E-state index in [-0.39, 0.29) is 23.3 Å². The van der Waals surface area contributed by atoms with Gasteiger partial charge in [0, 0.05) is 17.1 Å². The first-order valence-corrected chi connectivity index (χ1v) is 15.6. The fourth-order valence-corrected chi connectivity index (χ4v) is 7.12. The number of thioether (sulfide) groups is 1. The van der Waals surface area contributed by atoms with Gasteiger partial charge in [0.25, 0.3) is 5.91 Å². The Morgan fingerprint density at radius 1 is 0.905 bits per heavy atom. The Hall–Kier alpha value is -4.41. The maximum Gasteiger partial charge on any atom is 0.254 e. The lowest BCUT2D eigenvalue weighted by Crippen LogP contribution is -2.25. The number of phenols is 1. The molecule has 2 amide bonds. The highest BCUT2D eigenvalue weighted by atomic mass is 32.2. The van der Waals surface area contributed by atoms with Crippen LogP contribution >= 0.6 is 23.1 Å². The van der Waals surface area contributed by atoms with Gasteiger partial charge in [0.05, 0.1) is 16.9 Å². The molecule has 42 heavy (non-hydrogen) atoms. The van der Waals surface area contributed by atoms with E-state index >= 15 is 0 Å². The quantitative estimate of drug-likeness (QED) is 0.174. The smallest absolute Gasteiger partial charge is 0.254 e. The molecule has 0 saturated heterocycles. The maximum absolute atomic E-state index is 13.4. The third kappa shape index (κ3) is 5.95. The molecular weight excluding hydrogens is 567 g/mol. The van der Waals surface area contributed by atoms with Gasteiger partial charge in [-0.25, -0.2) is 0 Å². The standard InChI is InChI=1S/C32H29N5O3S2/c38-25-17-9-7-15-23(25)29-35-36-32(37(29)22-13-5-2-6-14-22)41-20-27(39)34-31-28(24-16-8-10-18-26(24)42-31)30(40)33-19-21-11-3-1-4-12-21/h1-7,9,11-15,17,38H,8,10,16,18-20H2,(H,33,40)(H,34,39). The van der Waals surface area contributed by atoms with E-state index in [2.05, 4.69) is 20.8 Å². The van der Waals surface area contributed by atoms with Crippen LogP contribution in [0.4, 0.5) is 5.00 Å². The van der Waals surface area contributed by atoms with E-state index in [1.165, 1.54) is 28.0 Å². The van der Waals surface area contributed by atoms with Crippen LogP contribution in [0.2, 0.25) is 0 Å². The summed E-state index contributed by atoms with van der Waals surface area (Å²) in [5.74, 6) is 0.237. The predicted molar refractivity (Wildman–Crippen MR) is 166 cm³/mol. The monoisotopic (exact) mass is 595 g/mol. The van der Waals surface area contributed by atoms with Gasteiger partial charge in [0.15, 0.2) is 11.0 Å². The number of nitrogens with one attached hydrogen (secondary N) is 2. The first-order chi connectivity index (χ1) is 20.6. The highest BCUT2D eigenvalue weighted by Gasteiger charge is 2.27. The summed E-state index contributed by atoms with van der Waals surface area (Å²) in [6.45, 7) is 0.419. The molecule has 6 rings (SSSR count). The molecule has 1 aliphatic rings. The number of thiophene rings is 1. The number of aromatic hydroxyl groups is 1. The van der Waals surface area contributed by atoms with Crippen LogP contribution in [0, 0.1) is 0 Å². The summed E-state index contributed by atoms with van der Waals surface area (Å²) >= 11 is 2.75. The normalized spacial score (nSPS) is 12.5. The third-order valence-corrected chi connectivity index (χ3v) is 9.21. The summed E-state index contributed by atoms with van der Waals surface area (Å²) in [5, 5.41) is 26.4. The summed E-state index contributed by atoms with van der Waals surface area (Å²) in [4.78, 5) is 27.8. The van der Waals surface area contributed by atoms with Crippen molar-refractivity contribution in [1.82, 2.24) is 20.1 Å². The average molecular weight is 596 g/mol. The molecule has 2 aromatic heterocycles. The number of amides is 2. The number of nitrogens with zero attached hydrogens (tertiary/aromatic N) is 3. The van der Waals surface area contributed by atoms with Gasteiger partial charge in [0.1, 0.15) is 10.8 Å². The Balaban J connectivity index is 1.22. The summed E-state index contributed by atoms with van der Waals surface area (Å²) in [7, 11) is 0. The van der Waals surface area contributed by atoms with Crippen LogP contribution < -0.4 is 10.6 Å². The SMILES string of the molecule is O=C(CSc1nnc(-c2ccccc2O)n1-c1ccccc1)Nc1sc2c(c1C(=O)NCc1ccccc1)CCCC2. The largest absolute Gasteiger partial charge is 0.507 e. The number of anilines is 1. The number of benzene rings is 3. The molecule has 8 nitrogen and oxygen atoms in total. The molecule has 5 aromatic rings. The van der Waals surface area contributed by atoms with Crippen LogP contribution in [0.1, 0.15) is 39.2 Å². The zero-order valence-corrected chi connectivity index (χ0v) is 24.4. The van der Waals surface area contributed by atoms with Gasteiger partial charge in [-0.05, 0) is 61.1 Å². The predicted octanol–water partition coefficient (Wildman–Crippen LogP) is 6.24. The number of fused-ring (bicyclic) bond motifs is 1. The lowest BCUT2D eigenvalue weighted by Gasteiger charge is -2.13. The van der Waals surface area contributed by atoms with Crippen LogP contribution in [-0.4, -0.2) is 37.4 Å². The number of carbonyl (C=O) groups is 2. The molecule has 0 unspecified atom stereocenters. The summed E-state index contributed by atoms with van der Waals surface area (Å²) in [6.07, 6.45) is 3.86. The summed E-state index contributed by atoms with van der Waals surface area (Å²) < 4.78 is 1.83. The summed E-state index contributed by atoms with van der Waals surface area (Å²) in [6, 6.07) is 26.3. The first kappa shape index (κ1) is 27.7. The molecule has 0 fully saturated rings. The van der Waals surface area contributed by atoms with Crippen molar-refractivity contribution in [2.45, 2.75) is 37.4 Å². The van der Waals surface area contributed by atoms with Gasteiger partial charge >= 0.3 is 0 Å². The fraction of sp³-hybridized carbons (Fsp3) is 0.188. The van der Waals surface area contributed by atoms with Crippen LogP contribution in [0.15, 0.2) is 90.1 Å². The van der Waals surface area contributed by atoms with E-state index < -0.39 is 0 Å². The highest BCUT2D eigenvalue weighted by molar-refractivity contribution is 7.99. The molecule has 0 saturated carbocycles. The Kier molecular flexibility index (Phi) is 8.34. The maximum atomic E-state index is 13.4. The Bertz CT molecular complexity index is 1720. The second-order valence-electron chi connectivity index (χ2n) is 9.91. The Morgan fingerprint density at radius 3 is 2.40 bits per heavy atom. The van der Waals surface area contributed by atoms with Crippen LogP contribution in [0.25, 0.3) is 17.1 Å². The molecule has 3 N–H and O–H groups in total. The van der Waals surface area contributed by atoms with E-state index in [9.17, 15) is 14.7 Å². The number of aromatic nitrogens is 3. The Labute approximate surface area is 251 Å². The highest BCUT2D eigenvalue weighted by Crippen LogP contribution is 2.38. The van der Waals surface area contributed by atoms with Crippen molar-refractivity contribution in [3.05, 3.63) is 106 Å². The minimum Gasteiger partial charge on any atom is -0.507 e. The minimum absolute atomic E-state index is 0.0688. The van der Waals surface area contributed by atoms with Gasteiger partial charge in [-0.15, -0.1) is 21.5 Å². The minimum atomic E-state index is -0.234. The zero-order valence-electron chi connectivity index (χ0n) is 22.7. The third-order valence-electron chi connectivity index (χ3n) is 7.07. The molecule has 0 radical (unpaired) electrons. The number of rotatable bonds is 9. The van der Waals surface area contributed by atoms with Crippen LogP contribution in [0.5, 0.6) is 5.75 Å². The van der Waals surface area contributed by atoms with E-state index in [0.717, 1.165) is 42.5 Å². The van der Waals surface area contributed by atoms with Gasteiger partial charge in [-0.2, -0.15) is 0 Å². The van der Waals surface area contributed by atoms with Crippen molar-refractivity contribution in [2.24, 2.45) is 0 Å². The van der Waals surface area contributed by atoms with Crippen molar-refractivity contribution >= 4 is 39.9 Å². The van der Waals surface area contributed by atoms with Gasteiger partial charge in [-0.3, -0.25) is 14.2 Å². The molecule has 0 bridgehead atoms. The van der Waals surface area contributed by atoms with Gasteiger partial charge in [0.2, 0.25) is 5.91 Å². The number of phenolic OH excluding ortho intramolecular Hbond substituents is 1. The Morgan fingerprint density at radius 2 is 1.62 bits per heavy atom. The molecule has 3 aromatic carbocycles. The number of para-hydroxylation sites is 2. The lowest BCUT2D eigenvalue weighted by atomic mass is 9.95. The van der Waals surface area contributed by atoms with Crippen molar-refractivity contribution in [3.63, 3.8) is 0 Å². The molecular formula is C32H29N5O3S2. The van der Waals surface area contributed by atoms with Gasteiger partial charge in [-0.1, -0.05) is 72.4 Å². The molecule has 0 spiro atoms. The number of carbonyl (C=O) groups excluding carboxylic acids is 2. The zero-order chi connectivity index (χ0) is 28.9. The number of aryl methyl sites for hydroxylation is 1. The number of hydrogen-bond acceptors (Lipinski definition) is 7. The van der Waals surface area contributed by atoms with Crippen molar-refractivity contribution in [3.8, 4) is 22.8 Å². The van der Waals surface area contributed by atoms with Gasteiger partial charge < -0.3 is 15.7 Å². The van der Waals surface area contributed by atoms with E-state index in [1.54, 1.807) is 18.2 Å². The average Bonchev–Trinajstić information content (AvgIpc) is 3.61. The second kappa shape index (κ2) is 12.6. The molecule has 2 heterocycles. The summed E-state index contributed by atoms with van der Waals surface area (Å²) in [5.41, 5.74) is 4.00. The first-order valence-electron chi connectivity index (χ1n) is 13.8. The van der Waals surface area contributed by atoms with Crippen molar-refractivity contribution in [1.29, 1.82) is 0 Å². The topological polar surface area (TPSA) is 109 Å².